The fraction of sp³-hybridized carbons (Fsp3) is 0.143. The molecule has 3 nitrogen and oxygen atoms in total. The van der Waals surface area contributed by atoms with Gasteiger partial charge in [-0.25, -0.2) is 4.39 Å². The van der Waals surface area contributed by atoms with Crippen molar-refractivity contribution in [3.63, 3.8) is 0 Å². The summed E-state index contributed by atoms with van der Waals surface area (Å²) in [5.74, 6) is 5.23. The highest BCUT2D eigenvalue weighted by Gasteiger charge is 2.16. The maximum absolute atomic E-state index is 13.8. The number of hydrogen-bond donors (Lipinski definition) is 3. The second-order valence-electron chi connectivity index (χ2n) is 4.43. The van der Waals surface area contributed by atoms with Crippen molar-refractivity contribution in [2.45, 2.75) is 12.5 Å². The van der Waals surface area contributed by atoms with Gasteiger partial charge in [0.15, 0.2) is 0 Å². The molecule has 0 aliphatic heterocycles. The van der Waals surface area contributed by atoms with E-state index in [1.807, 2.05) is 12.1 Å². The maximum atomic E-state index is 13.8. The summed E-state index contributed by atoms with van der Waals surface area (Å²) in [6.45, 7) is 0. The van der Waals surface area contributed by atoms with Crippen LogP contribution in [0, 0.1) is 5.82 Å². The van der Waals surface area contributed by atoms with E-state index in [-0.39, 0.29) is 11.9 Å². The average Bonchev–Trinajstić information content (AvgIpc) is 2.41. The lowest BCUT2D eigenvalue weighted by Crippen LogP contribution is -2.30. The number of benzene rings is 2. The number of anilines is 1. The van der Waals surface area contributed by atoms with Gasteiger partial charge in [-0.1, -0.05) is 33.6 Å². The zero-order valence-corrected chi connectivity index (χ0v) is 12.9. The predicted molar refractivity (Wildman–Crippen MR) is 83.7 cm³/mol. The minimum atomic E-state index is -0.355. The predicted octanol–water partition coefficient (Wildman–Crippen LogP) is 3.57. The zero-order chi connectivity index (χ0) is 14.7. The highest BCUT2D eigenvalue weighted by molar-refractivity contribution is 9.10. The normalized spacial score (nSPS) is 12.4. The lowest BCUT2D eigenvalue weighted by atomic mass is 9.98. The molecule has 2 aromatic rings. The number of nitrogens with two attached hydrogens (primary N) is 2. The molecular formula is C14H14BrClFN3. The maximum Gasteiger partial charge on any atom is 0.127 e. The van der Waals surface area contributed by atoms with Crippen LogP contribution >= 0.6 is 27.5 Å². The smallest absolute Gasteiger partial charge is 0.127 e. The van der Waals surface area contributed by atoms with Crippen LogP contribution in [0.2, 0.25) is 5.02 Å². The molecule has 2 rings (SSSR count). The molecule has 1 atom stereocenters. The topological polar surface area (TPSA) is 64.1 Å². The second kappa shape index (κ2) is 6.54. The van der Waals surface area contributed by atoms with Crippen molar-refractivity contribution < 1.29 is 4.39 Å². The Morgan fingerprint density at radius 1 is 1.25 bits per heavy atom. The largest absolute Gasteiger partial charge is 0.398 e. The van der Waals surface area contributed by atoms with Crippen LogP contribution in [0.1, 0.15) is 17.2 Å². The first kappa shape index (κ1) is 15.3. The van der Waals surface area contributed by atoms with E-state index < -0.39 is 0 Å². The molecule has 0 saturated carbocycles. The molecule has 6 heteroatoms. The summed E-state index contributed by atoms with van der Waals surface area (Å²) in [7, 11) is 0. The van der Waals surface area contributed by atoms with Crippen LogP contribution < -0.4 is 17.0 Å². The Kier molecular flexibility index (Phi) is 4.99. The third-order valence-corrected chi connectivity index (χ3v) is 3.79. The Morgan fingerprint density at radius 3 is 2.65 bits per heavy atom. The molecule has 0 amide bonds. The number of hydrogen-bond acceptors (Lipinski definition) is 3. The standard InChI is InChI=1S/C14H14BrClFN3/c15-9-2-4-13(18)11(6-9)14(20-19)5-8-1-3-10(16)7-12(8)17/h1-4,6-7,14,20H,5,18-19H2. The van der Waals surface area contributed by atoms with E-state index >= 15 is 0 Å². The molecule has 0 heterocycles. The fourth-order valence-corrected chi connectivity index (χ4v) is 2.55. The molecule has 106 valence electrons. The van der Waals surface area contributed by atoms with Crippen LogP contribution in [0.3, 0.4) is 0 Å². The lowest BCUT2D eigenvalue weighted by molar-refractivity contribution is 0.530. The number of halogens is 3. The molecule has 0 aliphatic rings. The molecule has 0 aliphatic carbocycles. The Labute approximate surface area is 130 Å². The van der Waals surface area contributed by atoms with E-state index in [9.17, 15) is 4.39 Å². The van der Waals surface area contributed by atoms with Gasteiger partial charge in [0.1, 0.15) is 5.82 Å². The van der Waals surface area contributed by atoms with E-state index in [1.165, 1.54) is 6.07 Å². The fourth-order valence-electron chi connectivity index (χ4n) is 2.01. The van der Waals surface area contributed by atoms with E-state index in [2.05, 4.69) is 21.4 Å². The Hall–Kier alpha value is -1.14. The van der Waals surface area contributed by atoms with Gasteiger partial charge < -0.3 is 5.73 Å². The highest BCUT2D eigenvalue weighted by Crippen LogP contribution is 2.28. The van der Waals surface area contributed by atoms with Gasteiger partial charge in [-0.2, -0.15) is 0 Å². The molecule has 1 unspecified atom stereocenters. The Morgan fingerprint density at radius 2 is 2.00 bits per heavy atom. The summed E-state index contributed by atoms with van der Waals surface area (Å²) in [4.78, 5) is 0. The quantitative estimate of drug-likeness (QED) is 0.445. The van der Waals surface area contributed by atoms with Gasteiger partial charge in [0.25, 0.3) is 0 Å². The molecule has 0 fully saturated rings. The average molecular weight is 359 g/mol. The van der Waals surface area contributed by atoms with E-state index in [0.29, 0.717) is 22.7 Å². The van der Waals surface area contributed by atoms with Gasteiger partial charge in [0, 0.05) is 15.2 Å². The van der Waals surface area contributed by atoms with E-state index in [4.69, 9.17) is 23.2 Å². The molecule has 0 bridgehead atoms. The molecule has 0 spiro atoms. The Balaban J connectivity index is 2.31. The zero-order valence-electron chi connectivity index (χ0n) is 10.5. The lowest BCUT2D eigenvalue weighted by Gasteiger charge is -2.19. The molecule has 20 heavy (non-hydrogen) atoms. The first-order valence-electron chi connectivity index (χ1n) is 5.96. The summed E-state index contributed by atoms with van der Waals surface area (Å²) in [6, 6.07) is 9.79. The number of nitrogen functional groups attached to an aromatic ring is 1. The van der Waals surface area contributed by atoms with Crippen molar-refractivity contribution >= 4 is 33.2 Å². The van der Waals surface area contributed by atoms with E-state index in [0.717, 1.165) is 10.0 Å². The third kappa shape index (κ3) is 3.49. The van der Waals surface area contributed by atoms with Crippen LogP contribution in [0.25, 0.3) is 0 Å². The first-order valence-corrected chi connectivity index (χ1v) is 7.13. The van der Waals surface area contributed by atoms with Crippen molar-refractivity contribution in [2.24, 2.45) is 5.84 Å². The van der Waals surface area contributed by atoms with Crippen molar-refractivity contribution in [1.29, 1.82) is 0 Å². The number of rotatable bonds is 4. The van der Waals surface area contributed by atoms with Gasteiger partial charge >= 0.3 is 0 Å². The van der Waals surface area contributed by atoms with Crippen molar-refractivity contribution in [1.82, 2.24) is 5.43 Å². The van der Waals surface area contributed by atoms with Gasteiger partial charge in [-0.05, 0) is 47.9 Å². The summed E-state index contributed by atoms with van der Waals surface area (Å²) in [5.41, 5.74) is 10.6. The van der Waals surface area contributed by atoms with Crippen LogP contribution in [0.4, 0.5) is 10.1 Å². The summed E-state index contributed by atoms with van der Waals surface area (Å²) >= 11 is 9.13. The highest BCUT2D eigenvalue weighted by atomic mass is 79.9. The number of nitrogens with one attached hydrogen (secondary N) is 1. The van der Waals surface area contributed by atoms with Crippen LogP contribution in [0.5, 0.6) is 0 Å². The summed E-state index contributed by atoms with van der Waals surface area (Å²) < 4.78 is 14.7. The SMILES string of the molecule is NNC(Cc1ccc(Cl)cc1F)c1cc(Br)ccc1N. The summed E-state index contributed by atoms with van der Waals surface area (Å²) in [6.07, 6.45) is 0.375. The first-order chi connectivity index (χ1) is 9.51. The van der Waals surface area contributed by atoms with E-state index in [1.54, 1.807) is 18.2 Å². The molecule has 0 saturated heterocycles. The van der Waals surface area contributed by atoms with Crippen LogP contribution in [0.15, 0.2) is 40.9 Å². The molecular weight excluding hydrogens is 345 g/mol. The van der Waals surface area contributed by atoms with Gasteiger partial charge in [0.2, 0.25) is 0 Å². The minimum absolute atomic E-state index is 0.289. The van der Waals surface area contributed by atoms with Crippen LogP contribution in [-0.2, 0) is 6.42 Å². The second-order valence-corrected chi connectivity index (χ2v) is 5.78. The number of hydrazine groups is 1. The van der Waals surface area contributed by atoms with Crippen molar-refractivity contribution in [3.8, 4) is 0 Å². The van der Waals surface area contributed by atoms with Crippen molar-refractivity contribution in [3.05, 3.63) is 62.8 Å². The molecule has 0 radical (unpaired) electrons. The molecule has 0 aromatic heterocycles. The molecule has 5 N–H and O–H groups in total. The van der Waals surface area contributed by atoms with Crippen LogP contribution in [-0.4, -0.2) is 0 Å². The molecule has 2 aromatic carbocycles. The van der Waals surface area contributed by atoms with Gasteiger partial charge in [-0.3, -0.25) is 11.3 Å². The minimum Gasteiger partial charge on any atom is -0.398 e. The monoisotopic (exact) mass is 357 g/mol. The summed E-state index contributed by atoms with van der Waals surface area (Å²) in [5, 5.41) is 0.366. The van der Waals surface area contributed by atoms with Gasteiger partial charge in [0.05, 0.1) is 6.04 Å². The Bertz CT molecular complexity index is 621. The third-order valence-electron chi connectivity index (χ3n) is 3.06. The van der Waals surface area contributed by atoms with Gasteiger partial charge in [-0.15, -0.1) is 0 Å². The van der Waals surface area contributed by atoms with Crippen molar-refractivity contribution in [2.75, 3.05) is 5.73 Å².